The molecule has 0 amide bonds. The number of rotatable bonds is 8. The molecule has 0 radical (unpaired) electrons. The highest BCUT2D eigenvalue weighted by atomic mass is 32.9. The minimum atomic E-state index is -3.53. The van der Waals surface area contributed by atoms with E-state index in [2.05, 4.69) is 42.2 Å². The molecule has 10 N–H and O–H groups in total. The predicted octanol–water partition coefficient (Wildman–Crippen LogP) is -3.16. The maximum Gasteiger partial charge on any atom is 0.280 e. The van der Waals surface area contributed by atoms with Gasteiger partial charge in [0.1, 0.15) is 36.6 Å². The first-order valence-corrected chi connectivity index (χ1v) is 16.2. The quantitative estimate of drug-likeness (QED) is 0.0665. The molecule has 232 valence electrons. The van der Waals surface area contributed by atoms with Gasteiger partial charge in [-0.05, 0) is 11.8 Å². The van der Waals surface area contributed by atoms with Crippen LogP contribution in [0.15, 0.2) is 22.2 Å². The van der Waals surface area contributed by atoms with E-state index in [4.69, 9.17) is 41.8 Å². The maximum absolute atomic E-state index is 12.2. The molecule has 4 aromatic heterocycles. The molecule has 6 rings (SSSR count). The Hall–Kier alpha value is -3.02. The largest absolute Gasteiger partial charge is 0.394 e. The molecule has 2 fully saturated rings. The van der Waals surface area contributed by atoms with Crippen molar-refractivity contribution in [2.24, 2.45) is 0 Å². The van der Waals surface area contributed by atoms with Gasteiger partial charge in [0, 0.05) is 0 Å². The summed E-state index contributed by atoms with van der Waals surface area (Å²) in [7, 11) is 0. The number of nitrogen functional groups attached to an aromatic ring is 2. The van der Waals surface area contributed by atoms with Crippen molar-refractivity contribution in [1.82, 2.24) is 39.0 Å². The Kier molecular flexibility index (Phi) is 7.79. The van der Waals surface area contributed by atoms with Gasteiger partial charge in [-0.2, -0.15) is 9.97 Å². The van der Waals surface area contributed by atoms with Crippen LogP contribution in [0.5, 0.6) is 0 Å². The molecule has 9 atom stereocenters. The van der Waals surface area contributed by atoms with Crippen LogP contribution in [-0.4, -0.2) is 109 Å². The van der Waals surface area contributed by atoms with Crippen LogP contribution >= 0.6 is 17.9 Å². The summed E-state index contributed by atoms with van der Waals surface area (Å²) in [5, 5.41) is 42.3. The number of nitrogens with two attached hydrogens (primary N) is 2. The van der Waals surface area contributed by atoms with Gasteiger partial charge < -0.3 is 50.4 Å². The first kappa shape index (κ1) is 30.0. The van der Waals surface area contributed by atoms with Gasteiger partial charge in [-0.25, -0.2) is 9.97 Å². The van der Waals surface area contributed by atoms with Crippen LogP contribution in [0.3, 0.4) is 0 Å². The number of H-pyrrole nitrogens is 2. The molecule has 0 saturated carbocycles. The Labute approximate surface area is 248 Å². The van der Waals surface area contributed by atoms with Crippen molar-refractivity contribution in [3.63, 3.8) is 0 Å². The van der Waals surface area contributed by atoms with Crippen molar-refractivity contribution in [3.05, 3.63) is 33.4 Å². The van der Waals surface area contributed by atoms with Gasteiger partial charge in [-0.1, -0.05) is 12.2 Å². The van der Waals surface area contributed by atoms with E-state index in [0.717, 1.165) is 0 Å². The van der Waals surface area contributed by atoms with E-state index in [1.54, 1.807) is 0 Å². The summed E-state index contributed by atoms with van der Waals surface area (Å²) in [6.45, 7) is -1.00. The van der Waals surface area contributed by atoms with Gasteiger partial charge in [-0.3, -0.25) is 28.7 Å². The maximum atomic E-state index is 12.2. The Morgan fingerprint density at radius 1 is 0.930 bits per heavy atom. The summed E-state index contributed by atoms with van der Waals surface area (Å²) in [4.78, 5) is 44.9. The fraction of sp³-hybridized carbons (Fsp3) is 0.500. The highest BCUT2D eigenvalue weighted by Crippen LogP contribution is 2.57. The van der Waals surface area contributed by atoms with E-state index in [-0.39, 0.29) is 34.2 Å². The second kappa shape index (κ2) is 11.2. The van der Waals surface area contributed by atoms with Crippen molar-refractivity contribution < 1.29 is 38.9 Å². The molecule has 9 unspecified atom stereocenters. The predicted molar refractivity (Wildman–Crippen MR) is 152 cm³/mol. The first-order chi connectivity index (χ1) is 20.4. The third-order valence-electron chi connectivity index (χ3n) is 6.93. The number of anilines is 2. The number of imidazole rings is 2. The standard InChI is InChI=1S/C20H25N10O10PS2/c21-19-25-13-7(15(35)27-19)23-3-29(13)17-10(33)9(32)6(39-17)2-37-41(42,43)40-12-5(1-31)38-18(11(12)34)30-4-24-8-14(30)26-20(22)28-16(8)36/h3-6,9-12,17-18,31-34H,1-2H2,(H,42,43)(H3,21,25,27,35)(H3,22,26,28,36). The van der Waals surface area contributed by atoms with Gasteiger partial charge in [0.05, 0.1) is 25.9 Å². The molecular formula is C20H25N10O10PS2. The van der Waals surface area contributed by atoms with Crippen LogP contribution in [0.1, 0.15) is 12.5 Å². The van der Waals surface area contributed by atoms with Crippen LogP contribution in [0.2, 0.25) is 0 Å². The number of aliphatic hydroxyl groups excluding tert-OH is 4. The molecule has 2 aliphatic heterocycles. The lowest BCUT2D eigenvalue weighted by atomic mass is 10.1. The summed E-state index contributed by atoms with van der Waals surface area (Å²) in [5.74, 6) is -0.367. The zero-order valence-corrected chi connectivity index (χ0v) is 24.2. The summed E-state index contributed by atoms with van der Waals surface area (Å²) in [5.41, 5.74) is 6.48. The van der Waals surface area contributed by atoms with E-state index in [1.165, 1.54) is 21.8 Å². The molecule has 0 spiro atoms. The molecule has 0 aromatic carbocycles. The molecular weight excluding hydrogens is 635 g/mol. The van der Waals surface area contributed by atoms with Crippen molar-refractivity contribution in [2.45, 2.75) is 49.1 Å². The molecule has 2 saturated heterocycles. The van der Waals surface area contributed by atoms with Gasteiger partial charge >= 0.3 is 0 Å². The second-order valence-electron chi connectivity index (χ2n) is 9.67. The number of nitrogens with zero attached hydrogens (tertiary/aromatic N) is 6. The number of thiol groups is 1. The number of nitrogens with one attached hydrogen (secondary N) is 2. The van der Waals surface area contributed by atoms with Gasteiger partial charge in [0.2, 0.25) is 17.6 Å². The minimum Gasteiger partial charge on any atom is -0.394 e. The molecule has 0 aliphatic carbocycles. The zero-order chi connectivity index (χ0) is 30.8. The molecule has 4 aromatic rings. The van der Waals surface area contributed by atoms with Crippen LogP contribution in [-0.2, 0) is 30.3 Å². The smallest absolute Gasteiger partial charge is 0.280 e. The summed E-state index contributed by atoms with van der Waals surface area (Å²) >= 11 is 9.71. The Morgan fingerprint density at radius 2 is 1.44 bits per heavy atom. The number of aromatic nitrogens is 8. The Balaban J connectivity index is 1.15. The normalized spacial score (nSPS) is 30.8. The second-order valence-corrected chi connectivity index (χ2v) is 14.9. The SMILES string of the molecule is Nc1nc2c(ncn2C2OC(COP(=S)(S)OC3C(CO)OC(n4cnc5c(=O)[nH]c(N)nc54)C3O)C(O)C2O)c(=O)[nH]1. The van der Waals surface area contributed by atoms with Crippen molar-refractivity contribution in [3.8, 4) is 0 Å². The molecule has 23 heteroatoms. The summed E-state index contributed by atoms with van der Waals surface area (Å²) in [6.07, 6.45) is -7.94. The monoisotopic (exact) mass is 660 g/mol. The third-order valence-corrected chi connectivity index (χ3v) is 9.12. The van der Waals surface area contributed by atoms with Gasteiger partial charge in [-0.15, -0.1) is 0 Å². The Morgan fingerprint density at radius 3 is 1.98 bits per heavy atom. The Bertz CT molecular complexity index is 1850. The summed E-state index contributed by atoms with van der Waals surface area (Å²) < 4.78 is 25.6. The van der Waals surface area contributed by atoms with Crippen LogP contribution < -0.4 is 22.6 Å². The average Bonchev–Trinajstić information content (AvgIpc) is 3.69. The lowest BCUT2D eigenvalue weighted by Gasteiger charge is -2.26. The third kappa shape index (κ3) is 5.33. The van der Waals surface area contributed by atoms with E-state index < -0.39 is 79.1 Å². The fourth-order valence-corrected chi connectivity index (χ4v) is 6.91. The van der Waals surface area contributed by atoms with E-state index in [0.29, 0.717) is 0 Å². The van der Waals surface area contributed by atoms with Crippen LogP contribution in [0, 0.1) is 0 Å². The van der Waals surface area contributed by atoms with Crippen LogP contribution in [0.4, 0.5) is 11.9 Å². The minimum absolute atomic E-state index is 0.0229. The van der Waals surface area contributed by atoms with Crippen molar-refractivity contribution in [2.75, 3.05) is 24.7 Å². The average molecular weight is 661 g/mol. The number of hydrogen-bond donors (Lipinski definition) is 9. The fourth-order valence-electron chi connectivity index (χ4n) is 4.93. The lowest BCUT2D eigenvalue weighted by molar-refractivity contribution is -0.0521. The van der Waals surface area contributed by atoms with Crippen LogP contribution in [0.25, 0.3) is 22.3 Å². The lowest BCUT2D eigenvalue weighted by Crippen LogP contribution is -2.36. The molecule has 0 bridgehead atoms. The van der Waals surface area contributed by atoms with E-state index in [1.807, 2.05) is 0 Å². The summed E-state index contributed by atoms with van der Waals surface area (Å²) in [6, 6.07) is 0. The number of aromatic amines is 2. The number of ether oxygens (including phenoxy) is 2. The highest BCUT2D eigenvalue weighted by molar-refractivity contribution is 8.60. The number of aliphatic hydroxyl groups is 4. The van der Waals surface area contributed by atoms with E-state index in [9.17, 15) is 30.0 Å². The number of hydrogen-bond acceptors (Lipinski definition) is 17. The zero-order valence-electron chi connectivity index (χ0n) is 21.6. The van der Waals surface area contributed by atoms with Gasteiger partial charge in [0.25, 0.3) is 11.1 Å². The topological polar surface area (TPSA) is 297 Å². The molecule has 2 aliphatic rings. The van der Waals surface area contributed by atoms with E-state index >= 15 is 0 Å². The van der Waals surface area contributed by atoms with Crippen molar-refractivity contribution >= 4 is 64.0 Å². The number of fused-ring (bicyclic) bond motifs is 2. The van der Waals surface area contributed by atoms with Gasteiger partial charge in [0.15, 0.2) is 34.8 Å². The molecule has 43 heavy (non-hydrogen) atoms. The van der Waals surface area contributed by atoms with Crippen molar-refractivity contribution in [1.29, 1.82) is 0 Å². The first-order valence-electron chi connectivity index (χ1n) is 12.4. The molecule has 20 nitrogen and oxygen atoms in total. The highest BCUT2D eigenvalue weighted by Gasteiger charge is 2.49. The molecule has 6 heterocycles.